The molecule has 0 radical (unpaired) electrons. The van der Waals surface area contributed by atoms with E-state index in [0.717, 1.165) is 12.8 Å². The van der Waals surface area contributed by atoms with Crippen LogP contribution in [0.2, 0.25) is 0 Å². The van der Waals surface area contributed by atoms with Crippen LogP contribution in [0.25, 0.3) is 0 Å². The molecule has 2 aromatic rings. The second-order valence-electron chi connectivity index (χ2n) is 7.78. The number of carbonyl (C=O) groups is 2. The minimum Gasteiger partial charge on any atom is -0.300 e. The lowest BCUT2D eigenvalue weighted by molar-refractivity contribution is -0.122. The molecule has 5 heteroatoms. The summed E-state index contributed by atoms with van der Waals surface area (Å²) in [5.74, 6) is 1.07. The zero-order chi connectivity index (χ0) is 20.1. The summed E-state index contributed by atoms with van der Waals surface area (Å²) >= 11 is 0. The molecular weight excluding hydrogens is 350 g/mol. The van der Waals surface area contributed by atoms with Gasteiger partial charge in [-0.3, -0.25) is 19.4 Å². The Bertz CT molecular complexity index is 792. The highest BCUT2D eigenvalue weighted by molar-refractivity contribution is 5.99. The molecule has 0 spiro atoms. The largest absolute Gasteiger partial charge is 0.300 e. The number of pyridine rings is 1. The van der Waals surface area contributed by atoms with Crippen LogP contribution < -0.4 is 4.90 Å². The molecule has 1 fully saturated rings. The Hall–Kier alpha value is -2.53. The van der Waals surface area contributed by atoms with Crippen LogP contribution in [0.15, 0.2) is 54.7 Å². The molecule has 28 heavy (non-hydrogen) atoms. The molecule has 1 saturated heterocycles. The molecule has 148 valence electrons. The van der Waals surface area contributed by atoms with Gasteiger partial charge in [-0.2, -0.15) is 0 Å². The van der Waals surface area contributed by atoms with E-state index in [9.17, 15) is 9.59 Å². The van der Waals surface area contributed by atoms with Crippen LogP contribution in [0.5, 0.6) is 0 Å². The second kappa shape index (κ2) is 9.11. The summed E-state index contributed by atoms with van der Waals surface area (Å²) in [4.78, 5) is 33.5. The first-order valence-corrected chi connectivity index (χ1v) is 10.0. The van der Waals surface area contributed by atoms with Crippen LogP contribution in [0.4, 0.5) is 5.82 Å². The van der Waals surface area contributed by atoms with E-state index in [-0.39, 0.29) is 29.8 Å². The fourth-order valence-corrected chi connectivity index (χ4v) is 4.00. The third kappa shape index (κ3) is 4.47. The van der Waals surface area contributed by atoms with Gasteiger partial charge in [0.2, 0.25) is 5.91 Å². The molecule has 0 bridgehead atoms. The second-order valence-corrected chi connectivity index (χ2v) is 7.78. The van der Waals surface area contributed by atoms with Gasteiger partial charge < -0.3 is 0 Å². The summed E-state index contributed by atoms with van der Waals surface area (Å²) in [6.45, 7) is 6.34. The number of ketones is 1. The van der Waals surface area contributed by atoms with Crippen molar-refractivity contribution < 1.29 is 9.59 Å². The van der Waals surface area contributed by atoms with E-state index in [4.69, 9.17) is 0 Å². The fourth-order valence-electron chi connectivity index (χ4n) is 4.00. The zero-order valence-electron chi connectivity index (χ0n) is 16.9. The number of hydrogen-bond acceptors (Lipinski definition) is 4. The summed E-state index contributed by atoms with van der Waals surface area (Å²) < 4.78 is 0. The minimum absolute atomic E-state index is 0.0790. The Kier molecular flexibility index (Phi) is 6.57. The predicted octanol–water partition coefficient (Wildman–Crippen LogP) is 3.69. The number of rotatable bonds is 8. The normalized spacial score (nSPS) is 20.1. The first-order valence-electron chi connectivity index (χ1n) is 10.0. The van der Waals surface area contributed by atoms with Crippen molar-refractivity contribution in [1.82, 2.24) is 9.88 Å². The van der Waals surface area contributed by atoms with Crippen LogP contribution >= 0.6 is 0 Å². The van der Waals surface area contributed by atoms with E-state index in [2.05, 4.69) is 35.9 Å². The summed E-state index contributed by atoms with van der Waals surface area (Å²) in [5, 5.41) is 0. The lowest BCUT2D eigenvalue weighted by atomic mass is 10.0. The van der Waals surface area contributed by atoms with Crippen LogP contribution in [0, 0.1) is 5.92 Å². The highest BCUT2D eigenvalue weighted by atomic mass is 16.2. The number of hydrogen-bond donors (Lipinski definition) is 0. The molecule has 2 heterocycles. The van der Waals surface area contributed by atoms with Gasteiger partial charge in [-0.15, -0.1) is 0 Å². The van der Waals surface area contributed by atoms with Gasteiger partial charge in [-0.05, 0) is 43.4 Å². The van der Waals surface area contributed by atoms with Crippen molar-refractivity contribution in [1.29, 1.82) is 0 Å². The third-order valence-corrected chi connectivity index (χ3v) is 5.31. The molecule has 1 aliphatic heterocycles. The molecule has 0 aliphatic carbocycles. The van der Waals surface area contributed by atoms with Gasteiger partial charge in [0.05, 0.1) is 12.2 Å². The monoisotopic (exact) mass is 379 g/mol. The van der Waals surface area contributed by atoms with Crippen molar-refractivity contribution in [3.8, 4) is 0 Å². The summed E-state index contributed by atoms with van der Waals surface area (Å²) in [6.07, 6.45) is 3.74. The molecule has 2 atom stereocenters. The first-order chi connectivity index (χ1) is 13.5. The molecular formula is C23H29N3O2. The Morgan fingerprint density at radius 2 is 1.82 bits per heavy atom. The number of amides is 1. The smallest absolute Gasteiger partial charge is 0.247 e. The molecule has 0 unspecified atom stereocenters. The topological polar surface area (TPSA) is 53.5 Å². The minimum atomic E-state index is -0.234. The standard InChI is InChI=1S/C23H29N3O2/c1-17(2)22-23(28)26(20-11-7-8-15-24-20)21(25(22)16-14-18(3)27)13-12-19-9-5-4-6-10-19/h4-11,15,17,21-22H,12-14,16H2,1-3H3/t21-,22-/m0/s1. The van der Waals surface area contributed by atoms with Crippen molar-refractivity contribution in [2.45, 2.75) is 52.2 Å². The van der Waals surface area contributed by atoms with Gasteiger partial charge in [-0.25, -0.2) is 4.98 Å². The van der Waals surface area contributed by atoms with Crippen molar-refractivity contribution in [3.05, 3.63) is 60.3 Å². The highest BCUT2D eigenvalue weighted by Gasteiger charge is 2.47. The number of carbonyl (C=O) groups excluding carboxylic acids is 2. The molecule has 5 nitrogen and oxygen atoms in total. The Morgan fingerprint density at radius 1 is 1.11 bits per heavy atom. The van der Waals surface area contributed by atoms with Gasteiger partial charge in [0.25, 0.3) is 0 Å². The van der Waals surface area contributed by atoms with Gasteiger partial charge in [0.1, 0.15) is 11.6 Å². The van der Waals surface area contributed by atoms with Crippen LogP contribution in [-0.2, 0) is 16.0 Å². The summed E-state index contributed by atoms with van der Waals surface area (Å²) in [5.41, 5.74) is 1.25. The Balaban J connectivity index is 1.92. The molecule has 1 aliphatic rings. The number of nitrogens with zero attached hydrogens (tertiary/aromatic N) is 3. The maximum atomic E-state index is 13.4. The Labute approximate surface area is 167 Å². The van der Waals surface area contributed by atoms with E-state index in [1.165, 1.54) is 5.56 Å². The maximum absolute atomic E-state index is 13.4. The van der Waals surface area contributed by atoms with Gasteiger partial charge in [-0.1, -0.05) is 50.2 Å². The molecule has 1 aromatic carbocycles. The van der Waals surface area contributed by atoms with E-state index in [0.29, 0.717) is 18.8 Å². The van der Waals surface area contributed by atoms with Crippen molar-refractivity contribution >= 4 is 17.5 Å². The number of anilines is 1. The van der Waals surface area contributed by atoms with Crippen molar-refractivity contribution in [2.24, 2.45) is 5.92 Å². The van der Waals surface area contributed by atoms with Crippen molar-refractivity contribution in [2.75, 3.05) is 11.4 Å². The van der Waals surface area contributed by atoms with Gasteiger partial charge in [0, 0.05) is 19.2 Å². The third-order valence-electron chi connectivity index (χ3n) is 5.31. The molecule has 1 amide bonds. The zero-order valence-corrected chi connectivity index (χ0v) is 16.9. The van der Waals surface area contributed by atoms with E-state index >= 15 is 0 Å². The first kappa shape index (κ1) is 20.2. The Morgan fingerprint density at radius 3 is 2.43 bits per heavy atom. The summed E-state index contributed by atoms with van der Waals surface area (Å²) in [7, 11) is 0. The number of aromatic nitrogens is 1. The average Bonchev–Trinajstić information content (AvgIpc) is 2.97. The quantitative estimate of drug-likeness (QED) is 0.702. The van der Waals surface area contributed by atoms with E-state index in [1.807, 2.05) is 41.3 Å². The highest BCUT2D eigenvalue weighted by Crippen LogP contribution is 2.33. The molecule has 1 aromatic heterocycles. The van der Waals surface area contributed by atoms with Gasteiger partial charge >= 0.3 is 0 Å². The van der Waals surface area contributed by atoms with Crippen molar-refractivity contribution in [3.63, 3.8) is 0 Å². The van der Waals surface area contributed by atoms with Crippen LogP contribution in [0.1, 0.15) is 39.2 Å². The predicted molar refractivity (Wildman–Crippen MR) is 111 cm³/mol. The molecule has 0 saturated carbocycles. The number of Topliss-reactive ketones (excluding diaryl/α,β-unsaturated/α-hetero) is 1. The lowest BCUT2D eigenvalue weighted by Gasteiger charge is -2.31. The molecule has 0 N–H and O–H groups in total. The van der Waals surface area contributed by atoms with E-state index < -0.39 is 0 Å². The van der Waals surface area contributed by atoms with Gasteiger partial charge in [0.15, 0.2) is 0 Å². The maximum Gasteiger partial charge on any atom is 0.247 e. The number of benzene rings is 1. The summed E-state index contributed by atoms with van der Waals surface area (Å²) in [6, 6.07) is 15.7. The SMILES string of the molecule is CC(=O)CCN1[C@@H](C(C)C)C(=O)N(c2ccccn2)[C@H]1CCc1ccccc1. The average molecular weight is 380 g/mol. The van der Waals surface area contributed by atoms with E-state index in [1.54, 1.807) is 13.1 Å². The van der Waals surface area contributed by atoms with Crippen LogP contribution in [0.3, 0.4) is 0 Å². The lowest BCUT2D eigenvalue weighted by Crippen LogP contribution is -2.43. The van der Waals surface area contributed by atoms with Crippen LogP contribution in [-0.4, -0.2) is 40.3 Å². The number of aryl methyl sites for hydroxylation is 1. The fraction of sp³-hybridized carbons (Fsp3) is 0.435. The molecule has 3 rings (SSSR count).